The molecule has 1 atom stereocenters. The molecule has 2 aromatic carbocycles. The number of hydrogen-bond acceptors (Lipinski definition) is 2. The Morgan fingerprint density at radius 2 is 1.76 bits per heavy atom. The lowest BCUT2D eigenvalue weighted by atomic mass is 10.1. The highest BCUT2D eigenvalue weighted by Gasteiger charge is 2.09. The normalized spacial score (nSPS) is 11.5. The molecular weight excluding hydrogens is 264 g/mol. The SMILES string of the molecule is CCOc1ccc([C@@H](C)NC(=O)Nc2ccccc2)cc1. The molecule has 0 spiro atoms. The number of para-hydroxylation sites is 1. The number of anilines is 1. The highest BCUT2D eigenvalue weighted by atomic mass is 16.5. The summed E-state index contributed by atoms with van der Waals surface area (Å²) in [5.41, 5.74) is 1.80. The Bertz CT molecular complexity index is 567. The fourth-order valence-corrected chi connectivity index (χ4v) is 1.99. The molecule has 0 saturated carbocycles. The van der Waals surface area contributed by atoms with Gasteiger partial charge in [-0.05, 0) is 43.7 Å². The molecule has 2 rings (SSSR count). The summed E-state index contributed by atoms with van der Waals surface area (Å²) >= 11 is 0. The monoisotopic (exact) mass is 284 g/mol. The van der Waals surface area contributed by atoms with Crippen molar-refractivity contribution >= 4 is 11.7 Å². The van der Waals surface area contributed by atoms with Crippen molar-refractivity contribution in [2.75, 3.05) is 11.9 Å². The molecule has 0 aliphatic rings. The molecule has 110 valence electrons. The first-order chi connectivity index (χ1) is 10.2. The van der Waals surface area contributed by atoms with Crippen LogP contribution in [0.1, 0.15) is 25.5 Å². The number of carbonyl (C=O) groups is 1. The van der Waals surface area contributed by atoms with Crippen LogP contribution in [0, 0.1) is 0 Å². The van der Waals surface area contributed by atoms with Crippen LogP contribution in [0.25, 0.3) is 0 Å². The summed E-state index contributed by atoms with van der Waals surface area (Å²) in [7, 11) is 0. The fraction of sp³-hybridized carbons (Fsp3) is 0.235. The van der Waals surface area contributed by atoms with E-state index in [-0.39, 0.29) is 12.1 Å². The number of carbonyl (C=O) groups excluding carboxylic acids is 1. The second kappa shape index (κ2) is 7.33. The zero-order chi connectivity index (χ0) is 15.1. The van der Waals surface area contributed by atoms with E-state index in [0.717, 1.165) is 17.0 Å². The van der Waals surface area contributed by atoms with Crippen molar-refractivity contribution in [3.63, 3.8) is 0 Å². The van der Waals surface area contributed by atoms with Crippen LogP contribution in [0.3, 0.4) is 0 Å². The molecule has 0 unspecified atom stereocenters. The quantitative estimate of drug-likeness (QED) is 0.873. The summed E-state index contributed by atoms with van der Waals surface area (Å²) in [6, 6.07) is 16.8. The minimum atomic E-state index is -0.220. The molecule has 4 nitrogen and oxygen atoms in total. The molecule has 0 saturated heterocycles. The van der Waals surface area contributed by atoms with Gasteiger partial charge in [0.2, 0.25) is 0 Å². The van der Waals surface area contributed by atoms with Gasteiger partial charge in [0.25, 0.3) is 0 Å². The Hall–Kier alpha value is -2.49. The Morgan fingerprint density at radius 1 is 1.10 bits per heavy atom. The van der Waals surface area contributed by atoms with Crippen molar-refractivity contribution in [2.45, 2.75) is 19.9 Å². The number of hydrogen-bond donors (Lipinski definition) is 2. The topological polar surface area (TPSA) is 50.4 Å². The fourth-order valence-electron chi connectivity index (χ4n) is 1.99. The molecule has 0 bridgehead atoms. The van der Waals surface area contributed by atoms with E-state index < -0.39 is 0 Å². The van der Waals surface area contributed by atoms with Crippen LogP contribution < -0.4 is 15.4 Å². The first-order valence-electron chi connectivity index (χ1n) is 7.04. The summed E-state index contributed by atoms with van der Waals surface area (Å²) in [6.45, 7) is 4.54. The van der Waals surface area contributed by atoms with Crippen LogP contribution >= 0.6 is 0 Å². The predicted octanol–water partition coefficient (Wildman–Crippen LogP) is 3.97. The first kappa shape index (κ1) is 14.9. The standard InChI is InChI=1S/C17H20N2O2/c1-3-21-16-11-9-14(10-12-16)13(2)18-17(20)19-15-7-5-4-6-8-15/h4-13H,3H2,1-2H3,(H2,18,19,20)/t13-/m1/s1. The zero-order valence-electron chi connectivity index (χ0n) is 12.3. The summed E-state index contributed by atoms with van der Waals surface area (Å²) in [6.07, 6.45) is 0. The Kier molecular flexibility index (Phi) is 5.21. The van der Waals surface area contributed by atoms with E-state index in [1.54, 1.807) is 0 Å². The molecule has 0 aliphatic carbocycles. The van der Waals surface area contributed by atoms with Gasteiger partial charge in [0, 0.05) is 5.69 Å². The summed E-state index contributed by atoms with van der Waals surface area (Å²) < 4.78 is 5.40. The van der Waals surface area contributed by atoms with Crippen LogP contribution in [0.15, 0.2) is 54.6 Å². The summed E-state index contributed by atoms with van der Waals surface area (Å²) in [4.78, 5) is 11.9. The predicted molar refractivity (Wildman–Crippen MR) is 84.6 cm³/mol. The smallest absolute Gasteiger partial charge is 0.319 e. The van der Waals surface area contributed by atoms with Crippen LogP contribution in [0.4, 0.5) is 10.5 Å². The van der Waals surface area contributed by atoms with Crippen molar-refractivity contribution in [1.82, 2.24) is 5.32 Å². The number of rotatable bonds is 5. The van der Waals surface area contributed by atoms with Gasteiger partial charge in [-0.3, -0.25) is 0 Å². The molecule has 4 heteroatoms. The maximum Gasteiger partial charge on any atom is 0.319 e. The van der Waals surface area contributed by atoms with Crippen molar-refractivity contribution < 1.29 is 9.53 Å². The van der Waals surface area contributed by atoms with E-state index in [2.05, 4.69) is 10.6 Å². The molecule has 0 aliphatic heterocycles. The number of nitrogens with one attached hydrogen (secondary N) is 2. The Balaban J connectivity index is 1.91. The second-order valence-electron chi connectivity index (χ2n) is 4.69. The van der Waals surface area contributed by atoms with E-state index in [1.165, 1.54) is 0 Å². The van der Waals surface area contributed by atoms with Crippen LogP contribution in [-0.4, -0.2) is 12.6 Å². The van der Waals surface area contributed by atoms with E-state index in [9.17, 15) is 4.79 Å². The highest BCUT2D eigenvalue weighted by Crippen LogP contribution is 2.17. The van der Waals surface area contributed by atoms with Gasteiger partial charge in [-0.25, -0.2) is 4.79 Å². The van der Waals surface area contributed by atoms with Gasteiger partial charge in [0.1, 0.15) is 5.75 Å². The molecule has 0 aromatic heterocycles. The van der Waals surface area contributed by atoms with Gasteiger partial charge in [-0.2, -0.15) is 0 Å². The number of ether oxygens (including phenoxy) is 1. The molecule has 2 aromatic rings. The molecule has 0 heterocycles. The average Bonchev–Trinajstić information content (AvgIpc) is 2.49. The maximum absolute atomic E-state index is 11.9. The van der Waals surface area contributed by atoms with E-state index in [1.807, 2.05) is 68.4 Å². The number of urea groups is 1. The van der Waals surface area contributed by atoms with Crippen molar-refractivity contribution in [3.05, 3.63) is 60.2 Å². The first-order valence-corrected chi connectivity index (χ1v) is 7.04. The van der Waals surface area contributed by atoms with Crippen LogP contribution in [0.5, 0.6) is 5.75 Å². The van der Waals surface area contributed by atoms with Crippen molar-refractivity contribution in [3.8, 4) is 5.75 Å². The van der Waals surface area contributed by atoms with E-state index in [0.29, 0.717) is 6.61 Å². The van der Waals surface area contributed by atoms with Gasteiger partial charge in [-0.15, -0.1) is 0 Å². The molecular formula is C17H20N2O2. The van der Waals surface area contributed by atoms with Crippen molar-refractivity contribution in [1.29, 1.82) is 0 Å². The third kappa shape index (κ3) is 4.53. The Morgan fingerprint density at radius 3 is 2.38 bits per heavy atom. The lowest BCUT2D eigenvalue weighted by Crippen LogP contribution is -2.31. The third-order valence-corrected chi connectivity index (χ3v) is 3.07. The van der Waals surface area contributed by atoms with Gasteiger partial charge in [-0.1, -0.05) is 30.3 Å². The summed E-state index contributed by atoms with van der Waals surface area (Å²) in [5.74, 6) is 0.835. The lowest BCUT2D eigenvalue weighted by Gasteiger charge is -2.15. The number of amides is 2. The second-order valence-corrected chi connectivity index (χ2v) is 4.69. The van der Waals surface area contributed by atoms with Crippen LogP contribution in [-0.2, 0) is 0 Å². The third-order valence-electron chi connectivity index (χ3n) is 3.07. The minimum absolute atomic E-state index is 0.0793. The van der Waals surface area contributed by atoms with Gasteiger partial charge in [0.05, 0.1) is 12.6 Å². The van der Waals surface area contributed by atoms with Crippen molar-refractivity contribution in [2.24, 2.45) is 0 Å². The van der Waals surface area contributed by atoms with Gasteiger partial charge < -0.3 is 15.4 Å². The lowest BCUT2D eigenvalue weighted by molar-refractivity contribution is 0.249. The molecule has 0 radical (unpaired) electrons. The van der Waals surface area contributed by atoms with E-state index >= 15 is 0 Å². The minimum Gasteiger partial charge on any atom is -0.494 e. The number of benzene rings is 2. The molecule has 21 heavy (non-hydrogen) atoms. The highest BCUT2D eigenvalue weighted by molar-refractivity contribution is 5.89. The maximum atomic E-state index is 11.9. The molecule has 2 amide bonds. The van der Waals surface area contributed by atoms with Gasteiger partial charge in [0.15, 0.2) is 0 Å². The zero-order valence-corrected chi connectivity index (χ0v) is 12.3. The Labute approximate surface area is 125 Å². The van der Waals surface area contributed by atoms with E-state index in [4.69, 9.17) is 4.74 Å². The largest absolute Gasteiger partial charge is 0.494 e. The summed E-state index contributed by atoms with van der Waals surface area (Å²) in [5, 5.41) is 5.70. The molecule has 0 fully saturated rings. The van der Waals surface area contributed by atoms with Gasteiger partial charge >= 0.3 is 6.03 Å². The van der Waals surface area contributed by atoms with Crippen LogP contribution in [0.2, 0.25) is 0 Å². The molecule has 2 N–H and O–H groups in total. The average molecular weight is 284 g/mol.